The van der Waals surface area contributed by atoms with Gasteiger partial charge in [-0.3, -0.25) is 0 Å². The summed E-state index contributed by atoms with van der Waals surface area (Å²) in [5.41, 5.74) is 1.75. The first kappa shape index (κ1) is 15.1. The monoisotopic (exact) mass is 248 g/mol. The minimum absolute atomic E-state index is 0.358. The summed E-state index contributed by atoms with van der Waals surface area (Å²) in [7, 11) is 0. The van der Waals surface area contributed by atoms with Crippen LogP contribution in [0.15, 0.2) is 24.3 Å². The summed E-state index contributed by atoms with van der Waals surface area (Å²) in [6, 6.07) is 7.78. The van der Waals surface area contributed by atoms with Crippen LogP contribution < -0.4 is 0 Å². The molecule has 1 rings (SSSR count). The standard InChI is InChI=1S/C17H28O/c1-6-13(3)16(12-17(4,5)7-2)14-8-10-15(18)11-9-14/h8-11,13,16,18H,6-7,12H2,1-5H3. The molecule has 0 bridgehead atoms. The minimum atomic E-state index is 0.358. The molecule has 0 aromatic heterocycles. The number of hydrogen-bond donors (Lipinski definition) is 1. The molecule has 1 heteroatoms. The molecule has 1 N–H and O–H groups in total. The van der Waals surface area contributed by atoms with E-state index in [4.69, 9.17) is 0 Å². The number of rotatable bonds is 6. The largest absolute Gasteiger partial charge is 0.508 e. The van der Waals surface area contributed by atoms with Crippen molar-refractivity contribution in [1.29, 1.82) is 0 Å². The topological polar surface area (TPSA) is 20.2 Å². The Bertz CT molecular complexity index is 350. The molecule has 0 aliphatic carbocycles. The third kappa shape index (κ3) is 4.04. The molecule has 0 radical (unpaired) electrons. The summed E-state index contributed by atoms with van der Waals surface area (Å²) in [4.78, 5) is 0. The smallest absolute Gasteiger partial charge is 0.115 e. The molecule has 18 heavy (non-hydrogen) atoms. The van der Waals surface area contributed by atoms with E-state index in [0.717, 1.165) is 0 Å². The van der Waals surface area contributed by atoms with Crippen molar-refractivity contribution in [1.82, 2.24) is 0 Å². The zero-order chi connectivity index (χ0) is 13.8. The predicted octanol–water partition coefficient (Wildman–Crippen LogP) is 5.35. The quantitative estimate of drug-likeness (QED) is 0.719. The molecule has 1 aromatic rings. The Morgan fingerprint density at radius 3 is 2.11 bits per heavy atom. The van der Waals surface area contributed by atoms with Crippen LogP contribution in [0.1, 0.15) is 65.4 Å². The lowest BCUT2D eigenvalue weighted by Crippen LogP contribution is -2.19. The van der Waals surface area contributed by atoms with Gasteiger partial charge in [-0.1, -0.05) is 59.6 Å². The van der Waals surface area contributed by atoms with Crippen molar-refractivity contribution in [3.63, 3.8) is 0 Å². The van der Waals surface area contributed by atoms with Gasteiger partial charge in [-0.05, 0) is 41.4 Å². The average molecular weight is 248 g/mol. The zero-order valence-corrected chi connectivity index (χ0v) is 12.5. The van der Waals surface area contributed by atoms with Crippen LogP contribution in [0.4, 0.5) is 0 Å². The van der Waals surface area contributed by atoms with Gasteiger partial charge < -0.3 is 5.11 Å². The summed E-state index contributed by atoms with van der Waals surface area (Å²) >= 11 is 0. The summed E-state index contributed by atoms with van der Waals surface area (Å²) in [6.07, 6.45) is 3.62. The van der Waals surface area contributed by atoms with Crippen LogP contribution in [0.5, 0.6) is 5.75 Å². The van der Waals surface area contributed by atoms with Gasteiger partial charge in [0.15, 0.2) is 0 Å². The second-order valence-corrected chi connectivity index (χ2v) is 6.31. The Hall–Kier alpha value is -0.980. The number of phenols is 1. The van der Waals surface area contributed by atoms with Gasteiger partial charge in [-0.25, -0.2) is 0 Å². The van der Waals surface area contributed by atoms with Crippen molar-refractivity contribution in [2.45, 2.75) is 59.8 Å². The van der Waals surface area contributed by atoms with Crippen LogP contribution in [0.2, 0.25) is 0 Å². The van der Waals surface area contributed by atoms with Crippen molar-refractivity contribution >= 4 is 0 Å². The van der Waals surface area contributed by atoms with E-state index in [1.807, 2.05) is 12.1 Å². The van der Waals surface area contributed by atoms with Crippen LogP contribution >= 0.6 is 0 Å². The molecule has 0 aliphatic heterocycles. The minimum Gasteiger partial charge on any atom is -0.508 e. The summed E-state index contributed by atoms with van der Waals surface area (Å²) in [5.74, 6) is 1.63. The van der Waals surface area contributed by atoms with Gasteiger partial charge in [0.1, 0.15) is 5.75 Å². The first-order valence-electron chi connectivity index (χ1n) is 7.18. The second kappa shape index (κ2) is 6.26. The fourth-order valence-electron chi connectivity index (χ4n) is 2.39. The normalized spacial score (nSPS) is 15.4. The third-order valence-electron chi connectivity index (χ3n) is 4.38. The second-order valence-electron chi connectivity index (χ2n) is 6.31. The SMILES string of the molecule is CCC(C)C(CC(C)(C)CC)c1ccc(O)cc1. The van der Waals surface area contributed by atoms with Crippen molar-refractivity contribution in [2.24, 2.45) is 11.3 Å². The molecule has 0 aliphatic rings. The van der Waals surface area contributed by atoms with Gasteiger partial charge in [-0.15, -0.1) is 0 Å². The van der Waals surface area contributed by atoms with E-state index in [-0.39, 0.29) is 0 Å². The van der Waals surface area contributed by atoms with Gasteiger partial charge in [-0.2, -0.15) is 0 Å². The van der Waals surface area contributed by atoms with Crippen molar-refractivity contribution in [3.05, 3.63) is 29.8 Å². The van der Waals surface area contributed by atoms with Gasteiger partial charge in [0, 0.05) is 0 Å². The van der Waals surface area contributed by atoms with E-state index in [0.29, 0.717) is 23.0 Å². The molecule has 0 fully saturated rings. The number of benzene rings is 1. The van der Waals surface area contributed by atoms with Crippen molar-refractivity contribution in [2.75, 3.05) is 0 Å². The highest BCUT2D eigenvalue weighted by Gasteiger charge is 2.26. The molecule has 0 saturated heterocycles. The molecule has 0 amide bonds. The molecule has 0 spiro atoms. The van der Waals surface area contributed by atoms with Crippen LogP contribution in [0.3, 0.4) is 0 Å². The summed E-state index contributed by atoms with van der Waals surface area (Å²) in [5, 5.41) is 9.41. The van der Waals surface area contributed by atoms with Crippen LogP contribution in [0, 0.1) is 11.3 Å². The van der Waals surface area contributed by atoms with E-state index in [2.05, 4.69) is 46.8 Å². The van der Waals surface area contributed by atoms with E-state index in [1.165, 1.54) is 24.8 Å². The average Bonchev–Trinajstić information content (AvgIpc) is 2.36. The summed E-state index contributed by atoms with van der Waals surface area (Å²) in [6.45, 7) is 11.6. The van der Waals surface area contributed by atoms with E-state index in [9.17, 15) is 5.11 Å². The van der Waals surface area contributed by atoms with E-state index >= 15 is 0 Å². The Labute approximate surface area is 112 Å². The Balaban J connectivity index is 2.95. The highest BCUT2D eigenvalue weighted by molar-refractivity contribution is 5.28. The third-order valence-corrected chi connectivity index (χ3v) is 4.38. The highest BCUT2D eigenvalue weighted by Crippen LogP contribution is 2.39. The molecule has 1 aromatic carbocycles. The van der Waals surface area contributed by atoms with Crippen molar-refractivity contribution in [3.8, 4) is 5.75 Å². The number of aromatic hydroxyl groups is 1. The zero-order valence-electron chi connectivity index (χ0n) is 12.5. The van der Waals surface area contributed by atoms with E-state index in [1.54, 1.807) is 0 Å². The lowest BCUT2D eigenvalue weighted by atomic mass is 9.73. The lowest BCUT2D eigenvalue weighted by molar-refractivity contribution is 0.255. The molecule has 2 unspecified atom stereocenters. The van der Waals surface area contributed by atoms with E-state index < -0.39 is 0 Å². The van der Waals surface area contributed by atoms with Crippen LogP contribution in [0.25, 0.3) is 0 Å². The Morgan fingerprint density at radius 2 is 1.67 bits per heavy atom. The van der Waals surface area contributed by atoms with Gasteiger partial charge in [0.05, 0.1) is 0 Å². The predicted molar refractivity (Wildman–Crippen MR) is 79.0 cm³/mol. The molecule has 1 nitrogen and oxygen atoms in total. The Kier molecular flexibility index (Phi) is 5.25. The summed E-state index contributed by atoms with van der Waals surface area (Å²) < 4.78 is 0. The highest BCUT2D eigenvalue weighted by atomic mass is 16.3. The van der Waals surface area contributed by atoms with Crippen LogP contribution in [-0.4, -0.2) is 5.11 Å². The molecule has 102 valence electrons. The number of phenolic OH excluding ortho intramolecular Hbond substituents is 1. The number of hydrogen-bond acceptors (Lipinski definition) is 1. The van der Waals surface area contributed by atoms with Gasteiger partial charge >= 0.3 is 0 Å². The van der Waals surface area contributed by atoms with Crippen LogP contribution in [-0.2, 0) is 0 Å². The maximum absolute atomic E-state index is 9.41. The molecule has 2 atom stereocenters. The maximum atomic E-state index is 9.41. The molecular formula is C17H28O. The van der Waals surface area contributed by atoms with Gasteiger partial charge in [0.25, 0.3) is 0 Å². The lowest BCUT2D eigenvalue weighted by Gasteiger charge is -2.32. The van der Waals surface area contributed by atoms with Gasteiger partial charge in [0.2, 0.25) is 0 Å². The fourth-order valence-corrected chi connectivity index (χ4v) is 2.39. The van der Waals surface area contributed by atoms with Crippen molar-refractivity contribution < 1.29 is 5.11 Å². The Morgan fingerprint density at radius 1 is 1.11 bits per heavy atom. The molecule has 0 saturated carbocycles. The molecular weight excluding hydrogens is 220 g/mol. The fraction of sp³-hybridized carbons (Fsp3) is 0.647. The first-order chi connectivity index (χ1) is 8.39. The molecule has 0 heterocycles. The maximum Gasteiger partial charge on any atom is 0.115 e. The first-order valence-corrected chi connectivity index (χ1v) is 7.18.